The molecular formula is C12H13ClN2OS. The van der Waals surface area contributed by atoms with Crippen LogP contribution in [-0.4, -0.2) is 16.7 Å². The molecule has 0 saturated carbocycles. The van der Waals surface area contributed by atoms with Crippen molar-refractivity contribution in [2.75, 3.05) is 11.9 Å². The van der Waals surface area contributed by atoms with Crippen LogP contribution in [0.5, 0.6) is 0 Å². The van der Waals surface area contributed by atoms with Crippen molar-refractivity contribution in [1.82, 2.24) is 4.98 Å². The molecule has 1 unspecified atom stereocenters. The van der Waals surface area contributed by atoms with Gasteiger partial charge in [0, 0.05) is 5.38 Å². The summed E-state index contributed by atoms with van der Waals surface area (Å²) in [5.41, 5.74) is 0.455. The van der Waals surface area contributed by atoms with E-state index in [0.717, 1.165) is 5.56 Å². The molecule has 0 bridgehead atoms. The number of rotatable bonds is 4. The number of hydrogen-bond donors (Lipinski definition) is 2. The average Bonchev–Trinajstić information content (AvgIpc) is 2.75. The van der Waals surface area contributed by atoms with E-state index in [1.165, 1.54) is 11.3 Å². The van der Waals surface area contributed by atoms with Gasteiger partial charge in [0.2, 0.25) is 0 Å². The van der Waals surface area contributed by atoms with Gasteiger partial charge in [-0.15, -0.1) is 11.3 Å². The van der Waals surface area contributed by atoms with Gasteiger partial charge in [0.25, 0.3) is 0 Å². The number of nitrogens with zero attached hydrogens (tertiary/aromatic N) is 1. The summed E-state index contributed by atoms with van der Waals surface area (Å²) in [4.78, 5) is 4.13. The van der Waals surface area contributed by atoms with Gasteiger partial charge in [0.15, 0.2) is 5.13 Å². The summed E-state index contributed by atoms with van der Waals surface area (Å²) in [5, 5.41) is 15.7. The molecule has 0 fully saturated rings. The van der Waals surface area contributed by atoms with E-state index in [9.17, 15) is 5.11 Å². The molecule has 0 saturated heterocycles. The average molecular weight is 269 g/mol. The van der Waals surface area contributed by atoms with Gasteiger partial charge in [0.05, 0.1) is 12.1 Å². The molecule has 90 valence electrons. The number of aromatic nitrogens is 1. The van der Waals surface area contributed by atoms with Gasteiger partial charge < -0.3 is 10.4 Å². The van der Waals surface area contributed by atoms with Crippen molar-refractivity contribution in [1.29, 1.82) is 0 Å². The maximum atomic E-state index is 9.59. The van der Waals surface area contributed by atoms with Gasteiger partial charge in [-0.25, -0.2) is 4.98 Å². The smallest absolute Gasteiger partial charge is 0.184 e. The van der Waals surface area contributed by atoms with Crippen LogP contribution < -0.4 is 5.32 Å². The maximum absolute atomic E-state index is 9.59. The van der Waals surface area contributed by atoms with Crippen molar-refractivity contribution in [2.24, 2.45) is 0 Å². The molecule has 0 aliphatic carbocycles. The summed E-state index contributed by atoms with van der Waals surface area (Å²) in [6.07, 6.45) is 0. The molecule has 0 radical (unpaired) electrons. The standard InChI is InChI=1S/C12H13ClN2OS/c1-12(8-16,9-5-3-2-4-6-9)15-11-14-10(13)7-17-11/h2-7,16H,8H2,1H3,(H,14,15). The largest absolute Gasteiger partial charge is 0.394 e. The maximum Gasteiger partial charge on any atom is 0.184 e. The zero-order chi connectivity index (χ0) is 12.3. The van der Waals surface area contributed by atoms with Crippen LogP contribution in [0.3, 0.4) is 0 Å². The molecule has 1 aromatic heterocycles. The molecule has 0 aliphatic heterocycles. The van der Waals surface area contributed by atoms with Crippen molar-refractivity contribution >= 4 is 28.1 Å². The van der Waals surface area contributed by atoms with Crippen molar-refractivity contribution in [3.63, 3.8) is 0 Å². The Morgan fingerprint density at radius 2 is 2.12 bits per heavy atom. The van der Waals surface area contributed by atoms with Crippen LogP contribution in [0.15, 0.2) is 35.7 Å². The van der Waals surface area contributed by atoms with Crippen LogP contribution >= 0.6 is 22.9 Å². The molecule has 3 nitrogen and oxygen atoms in total. The fourth-order valence-corrected chi connectivity index (χ4v) is 2.52. The van der Waals surface area contributed by atoms with Crippen LogP contribution in [0.25, 0.3) is 0 Å². The number of aliphatic hydroxyl groups excluding tert-OH is 1. The molecule has 2 N–H and O–H groups in total. The third-order valence-corrected chi connectivity index (χ3v) is 3.67. The number of thiazole rings is 1. The quantitative estimate of drug-likeness (QED) is 0.896. The lowest BCUT2D eigenvalue weighted by molar-refractivity contribution is 0.224. The zero-order valence-corrected chi connectivity index (χ0v) is 10.9. The minimum atomic E-state index is -0.553. The van der Waals surface area contributed by atoms with Crippen LogP contribution in [-0.2, 0) is 5.54 Å². The van der Waals surface area contributed by atoms with Gasteiger partial charge in [-0.2, -0.15) is 0 Å². The van der Waals surface area contributed by atoms with Gasteiger partial charge >= 0.3 is 0 Å². The lowest BCUT2D eigenvalue weighted by Crippen LogP contribution is -2.35. The van der Waals surface area contributed by atoms with E-state index in [1.807, 2.05) is 37.3 Å². The highest BCUT2D eigenvalue weighted by atomic mass is 35.5. The Kier molecular flexibility index (Phi) is 3.66. The molecule has 17 heavy (non-hydrogen) atoms. The Labute approximate surface area is 109 Å². The molecule has 5 heteroatoms. The van der Waals surface area contributed by atoms with E-state index in [0.29, 0.717) is 10.3 Å². The number of halogens is 1. The Morgan fingerprint density at radius 1 is 1.41 bits per heavy atom. The molecule has 1 heterocycles. The van der Waals surface area contributed by atoms with E-state index >= 15 is 0 Å². The number of hydrogen-bond acceptors (Lipinski definition) is 4. The van der Waals surface area contributed by atoms with Gasteiger partial charge in [-0.1, -0.05) is 41.9 Å². The summed E-state index contributed by atoms with van der Waals surface area (Å²) in [6.45, 7) is 1.91. The molecule has 2 rings (SSSR count). The summed E-state index contributed by atoms with van der Waals surface area (Å²) in [7, 11) is 0. The number of benzene rings is 1. The minimum absolute atomic E-state index is 0.0196. The number of aliphatic hydroxyl groups is 1. The minimum Gasteiger partial charge on any atom is -0.394 e. The first-order valence-corrected chi connectivity index (χ1v) is 6.45. The van der Waals surface area contributed by atoms with Crippen LogP contribution in [0.2, 0.25) is 5.15 Å². The second kappa shape index (κ2) is 5.04. The van der Waals surface area contributed by atoms with Crippen molar-refractivity contribution in [3.05, 3.63) is 46.4 Å². The van der Waals surface area contributed by atoms with Crippen molar-refractivity contribution in [3.8, 4) is 0 Å². The highest BCUT2D eigenvalue weighted by Crippen LogP contribution is 2.28. The van der Waals surface area contributed by atoms with E-state index in [4.69, 9.17) is 11.6 Å². The number of nitrogens with one attached hydrogen (secondary N) is 1. The van der Waals surface area contributed by atoms with E-state index in [-0.39, 0.29) is 6.61 Å². The first-order valence-electron chi connectivity index (χ1n) is 5.20. The summed E-state index contributed by atoms with van der Waals surface area (Å²) in [6, 6.07) is 9.78. The zero-order valence-electron chi connectivity index (χ0n) is 9.35. The summed E-state index contributed by atoms with van der Waals surface area (Å²) >= 11 is 7.20. The molecule has 1 atom stereocenters. The first-order chi connectivity index (χ1) is 8.14. The highest BCUT2D eigenvalue weighted by Gasteiger charge is 2.26. The predicted octanol–water partition coefficient (Wildman–Crippen LogP) is 3.12. The third kappa shape index (κ3) is 2.77. The molecule has 2 aromatic rings. The van der Waals surface area contributed by atoms with E-state index in [1.54, 1.807) is 5.38 Å². The number of anilines is 1. The van der Waals surface area contributed by atoms with E-state index < -0.39 is 5.54 Å². The Hall–Kier alpha value is -1.10. The monoisotopic (exact) mass is 268 g/mol. The fraction of sp³-hybridized carbons (Fsp3) is 0.250. The van der Waals surface area contributed by atoms with Gasteiger partial charge in [0.1, 0.15) is 5.15 Å². The molecule has 0 spiro atoms. The van der Waals surface area contributed by atoms with Gasteiger partial charge in [-0.3, -0.25) is 0 Å². The second-order valence-corrected chi connectivity index (χ2v) is 5.20. The van der Waals surface area contributed by atoms with Crippen molar-refractivity contribution in [2.45, 2.75) is 12.5 Å². The fourth-order valence-electron chi connectivity index (χ4n) is 1.56. The Morgan fingerprint density at radius 3 is 2.65 bits per heavy atom. The Bertz CT molecular complexity index is 488. The summed E-state index contributed by atoms with van der Waals surface area (Å²) < 4.78 is 0. The molecule has 0 amide bonds. The topological polar surface area (TPSA) is 45.1 Å². The van der Waals surface area contributed by atoms with Crippen LogP contribution in [0.4, 0.5) is 5.13 Å². The lowest BCUT2D eigenvalue weighted by Gasteiger charge is -2.29. The highest BCUT2D eigenvalue weighted by molar-refractivity contribution is 7.14. The van der Waals surface area contributed by atoms with Crippen LogP contribution in [0.1, 0.15) is 12.5 Å². The molecule has 0 aliphatic rings. The SMILES string of the molecule is CC(CO)(Nc1nc(Cl)cs1)c1ccccc1. The predicted molar refractivity (Wildman–Crippen MR) is 71.6 cm³/mol. The normalized spacial score (nSPS) is 14.3. The van der Waals surface area contributed by atoms with Gasteiger partial charge in [-0.05, 0) is 12.5 Å². The second-order valence-electron chi connectivity index (χ2n) is 3.96. The lowest BCUT2D eigenvalue weighted by atomic mass is 9.93. The summed E-state index contributed by atoms with van der Waals surface area (Å²) in [5.74, 6) is 0. The van der Waals surface area contributed by atoms with Crippen molar-refractivity contribution < 1.29 is 5.11 Å². The third-order valence-electron chi connectivity index (χ3n) is 2.59. The molecule has 1 aromatic carbocycles. The van der Waals surface area contributed by atoms with E-state index in [2.05, 4.69) is 10.3 Å². The molecular weight excluding hydrogens is 256 g/mol. The first kappa shape index (κ1) is 12.4. The van der Waals surface area contributed by atoms with Crippen LogP contribution in [0, 0.1) is 0 Å². The Balaban J connectivity index is 2.26.